The summed E-state index contributed by atoms with van der Waals surface area (Å²) in [7, 11) is 0. The molecule has 0 spiro atoms. The molecule has 0 fully saturated rings. The summed E-state index contributed by atoms with van der Waals surface area (Å²) in [6.07, 6.45) is 1.68. The van der Waals surface area contributed by atoms with Gasteiger partial charge in [0.2, 0.25) is 5.91 Å². The highest BCUT2D eigenvalue weighted by Gasteiger charge is 2.12. The number of hydrogen-bond donors (Lipinski definition) is 2. The van der Waals surface area contributed by atoms with Crippen molar-refractivity contribution < 1.29 is 9.18 Å². The molecule has 0 aliphatic carbocycles. The molecule has 0 radical (unpaired) electrons. The second-order valence-corrected chi connectivity index (χ2v) is 4.31. The summed E-state index contributed by atoms with van der Waals surface area (Å²) in [6.45, 7) is 0. The molecule has 4 heteroatoms. The van der Waals surface area contributed by atoms with E-state index in [1.54, 1.807) is 42.6 Å². The third kappa shape index (κ3) is 1.87. The van der Waals surface area contributed by atoms with Crippen LogP contribution < -0.4 is 5.73 Å². The molecule has 0 saturated carbocycles. The maximum atomic E-state index is 14.0. The third-order valence-electron chi connectivity index (χ3n) is 3.12. The molecule has 3 rings (SSSR count). The Balaban J connectivity index is 2.27. The molecular weight excluding hydrogens is 243 g/mol. The summed E-state index contributed by atoms with van der Waals surface area (Å²) in [5.41, 5.74) is 7.67. The summed E-state index contributed by atoms with van der Waals surface area (Å²) in [5, 5.41) is 0.528. The van der Waals surface area contributed by atoms with Crippen molar-refractivity contribution in [3.63, 3.8) is 0 Å². The minimum absolute atomic E-state index is 0.326. The molecule has 2 aromatic carbocycles. The number of nitrogens with two attached hydrogens (primary N) is 1. The van der Waals surface area contributed by atoms with Gasteiger partial charge in [-0.3, -0.25) is 4.79 Å². The summed E-state index contributed by atoms with van der Waals surface area (Å²) in [4.78, 5) is 14.4. The van der Waals surface area contributed by atoms with E-state index in [2.05, 4.69) is 4.98 Å². The largest absolute Gasteiger partial charge is 0.366 e. The van der Waals surface area contributed by atoms with E-state index >= 15 is 0 Å². The lowest BCUT2D eigenvalue weighted by molar-refractivity contribution is 0.100. The van der Waals surface area contributed by atoms with Crippen molar-refractivity contribution in [1.82, 2.24) is 4.98 Å². The maximum absolute atomic E-state index is 14.0. The van der Waals surface area contributed by atoms with Crippen LogP contribution in [0.3, 0.4) is 0 Å². The number of aromatic amines is 1. The monoisotopic (exact) mass is 254 g/mol. The number of benzene rings is 2. The van der Waals surface area contributed by atoms with Gasteiger partial charge in [0.15, 0.2) is 0 Å². The van der Waals surface area contributed by atoms with Gasteiger partial charge in [0.1, 0.15) is 5.82 Å². The van der Waals surface area contributed by atoms with Gasteiger partial charge in [-0.15, -0.1) is 0 Å². The number of nitrogens with one attached hydrogen (secondary N) is 1. The standard InChI is InChI=1S/C15H11FN2O/c16-13-7-9(8-14-12(13)5-6-18-14)10-3-1-2-4-11(10)15(17)19/h1-8,18H,(H2,17,19). The van der Waals surface area contributed by atoms with Gasteiger partial charge < -0.3 is 10.7 Å². The van der Waals surface area contributed by atoms with Gasteiger partial charge in [-0.2, -0.15) is 0 Å². The Kier molecular flexibility index (Phi) is 2.56. The molecule has 94 valence electrons. The zero-order valence-corrected chi connectivity index (χ0v) is 9.98. The maximum Gasteiger partial charge on any atom is 0.249 e. The highest BCUT2D eigenvalue weighted by molar-refractivity contribution is 6.00. The average Bonchev–Trinajstić information content (AvgIpc) is 2.87. The normalized spacial score (nSPS) is 10.8. The van der Waals surface area contributed by atoms with Crippen molar-refractivity contribution in [3.05, 3.63) is 60.0 Å². The van der Waals surface area contributed by atoms with E-state index in [4.69, 9.17) is 5.73 Å². The number of carbonyl (C=O) groups is 1. The Morgan fingerprint density at radius 3 is 2.74 bits per heavy atom. The van der Waals surface area contributed by atoms with Crippen LogP contribution in [0.15, 0.2) is 48.7 Å². The van der Waals surface area contributed by atoms with Gasteiger partial charge in [-0.1, -0.05) is 18.2 Å². The molecule has 1 aromatic heterocycles. The summed E-state index contributed by atoms with van der Waals surface area (Å²) in [6, 6.07) is 11.8. The number of carbonyl (C=O) groups excluding carboxylic acids is 1. The Morgan fingerprint density at radius 1 is 1.16 bits per heavy atom. The molecule has 3 aromatic rings. The number of hydrogen-bond acceptors (Lipinski definition) is 1. The Labute approximate surface area is 108 Å². The predicted molar refractivity (Wildman–Crippen MR) is 72.2 cm³/mol. The van der Waals surface area contributed by atoms with Crippen molar-refractivity contribution in [2.75, 3.05) is 0 Å². The third-order valence-corrected chi connectivity index (χ3v) is 3.12. The second kappa shape index (κ2) is 4.24. The molecule has 3 N–H and O–H groups in total. The van der Waals surface area contributed by atoms with Crippen molar-refractivity contribution in [3.8, 4) is 11.1 Å². The fraction of sp³-hybridized carbons (Fsp3) is 0. The number of rotatable bonds is 2. The first-order valence-corrected chi connectivity index (χ1v) is 5.82. The number of halogens is 1. The smallest absolute Gasteiger partial charge is 0.249 e. The number of primary amides is 1. The van der Waals surface area contributed by atoms with Gasteiger partial charge in [0, 0.05) is 22.7 Å². The summed E-state index contributed by atoms with van der Waals surface area (Å²) < 4.78 is 14.0. The molecule has 0 aliphatic rings. The zero-order valence-electron chi connectivity index (χ0n) is 9.98. The number of fused-ring (bicyclic) bond motifs is 1. The van der Waals surface area contributed by atoms with Crippen LogP contribution in [-0.4, -0.2) is 10.9 Å². The number of H-pyrrole nitrogens is 1. The molecule has 1 amide bonds. The van der Waals surface area contributed by atoms with Gasteiger partial charge in [0.25, 0.3) is 0 Å². The Hall–Kier alpha value is -2.62. The molecule has 1 heterocycles. The fourth-order valence-electron chi connectivity index (χ4n) is 2.23. The van der Waals surface area contributed by atoms with Crippen LogP contribution in [0.4, 0.5) is 4.39 Å². The molecule has 0 aliphatic heterocycles. The van der Waals surface area contributed by atoms with Crippen LogP contribution in [-0.2, 0) is 0 Å². The van der Waals surface area contributed by atoms with Crippen LogP contribution >= 0.6 is 0 Å². The van der Waals surface area contributed by atoms with Gasteiger partial charge in [-0.05, 0) is 35.4 Å². The van der Waals surface area contributed by atoms with Crippen molar-refractivity contribution in [1.29, 1.82) is 0 Å². The minimum atomic E-state index is -0.525. The van der Waals surface area contributed by atoms with Gasteiger partial charge in [-0.25, -0.2) is 4.39 Å². The quantitative estimate of drug-likeness (QED) is 0.725. The minimum Gasteiger partial charge on any atom is -0.366 e. The van der Waals surface area contributed by atoms with Crippen LogP contribution in [0.1, 0.15) is 10.4 Å². The van der Waals surface area contributed by atoms with Crippen molar-refractivity contribution >= 4 is 16.8 Å². The van der Waals surface area contributed by atoms with Crippen molar-refractivity contribution in [2.45, 2.75) is 0 Å². The summed E-state index contributed by atoms with van der Waals surface area (Å²) in [5.74, 6) is -0.851. The molecule has 3 nitrogen and oxygen atoms in total. The lowest BCUT2D eigenvalue weighted by Gasteiger charge is -2.07. The van der Waals surface area contributed by atoms with E-state index in [0.717, 1.165) is 0 Å². The first kappa shape index (κ1) is 11.5. The van der Waals surface area contributed by atoms with E-state index in [0.29, 0.717) is 27.6 Å². The Morgan fingerprint density at radius 2 is 1.95 bits per heavy atom. The molecule has 0 atom stereocenters. The SMILES string of the molecule is NC(=O)c1ccccc1-c1cc(F)c2cc[nH]c2c1. The van der Waals surface area contributed by atoms with Gasteiger partial charge in [0.05, 0.1) is 0 Å². The van der Waals surface area contributed by atoms with Crippen LogP contribution in [0.5, 0.6) is 0 Å². The highest BCUT2D eigenvalue weighted by atomic mass is 19.1. The highest BCUT2D eigenvalue weighted by Crippen LogP contribution is 2.28. The Bertz CT molecular complexity index is 777. The van der Waals surface area contributed by atoms with E-state index in [9.17, 15) is 9.18 Å². The zero-order chi connectivity index (χ0) is 13.4. The fourth-order valence-corrected chi connectivity index (χ4v) is 2.23. The lowest BCUT2D eigenvalue weighted by atomic mass is 9.98. The summed E-state index contributed by atoms with van der Waals surface area (Å²) >= 11 is 0. The molecule has 19 heavy (non-hydrogen) atoms. The van der Waals surface area contributed by atoms with Crippen molar-refractivity contribution in [2.24, 2.45) is 5.73 Å². The molecule has 0 unspecified atom stereocenters. The van der Waals surface area contributed by atoms with Crippen LogP contribution in [0, 0.1) is 5.82 Å². The average molecular weight is 254 g/mol. The lowest BCUT2D eigenvalue weighted by Crippen LogP contribution is -2.12. The van der Waals surface area contributed by atoms with Crippen LogP contribution in [0.25, 0.3) is 22.0 Å². The van der Waals surface area contributed by atoms with E-state index in [1.807, 2.05) is 0 Å². The predicted octanol–water partition coefficient (Wildman–Crippen LogP) is 3.07. The first-order chi connectivity index (χ1) is 9.16. The van der Waals surface area contributed by atoms with E-state index in [1.165, 1.54) is 6.07 Å². The topological polar surface area (TPSA) is 58.9 Å². The van der Waals surface area contributed by atoms with Gasteiger partial charge >= 0.3 is 0 Å². The first-order valence-electron chi connectivity index (χ1n) is 5.82. The molecule has 0 saturated heterocycles. The second-order valence-electron chi connectivity index (χ2n) is 4.31. The van der Waals surface area contributed by atoms with E-state index < -0.39 is 5.91 Å². The molecular formula is C15H11FN2O. The van der Waals surface area contributed by atoms with Crippen LogP contribution in [0.2, 0.25) is 0 Å². The van der Waals surface area contributed by atoms with E-state index in [-0.39, 0.29) is 5.82 Å². The number of amides is 1. The number of aromatic nitrogens is 1. The molecule has 0 bridgehead atoms.